The van der Waals surface area contributed by atoms with Gasteiger partial charge in [-0.05, 0) is 25.2 Å². The zero-order valence-electron chi connectivity index (χ0n) is 18.9. The zero-order chi connectivity index (χ0) is 22.4. The first-order chi connectivity index (χ1) is 13.6. The first kappa shape index (κ1) is 27.1. The molecule has 0 aliphatic heterocycles. The first-order valence-electron chi connectivity index (χ1n) is 11.0. The largest absolute Gasteiger partial charge is 0.352 e. The van der Waals surface area contributed by atoms with Gasteiger partial charge in [-0.3, -0.25) is 14.4 Å². The lowest BCUT2D eigenvalue weighted by Gasteiger charge is -2.24. The summed E-state index contributed by atoms with van der Waals surface area (Å²) < 4.78 is 0. The fourth-order valence-corrected chi connectivity index (χ4v) is 3.32. The van der Waals surface area contributed by atoms with E-state index in [-0.39, 0.29) is 35.7 Å². The summed E-state index contributed by atoms with van der Waals surface area (Å²) in [6.45, 7) is 9.92. The Labute approximate surface area is 175 Å². The quantitative estimate of drug-likeness (QED) is 0.337. The summed E-state index contributed by atoms with van der Waals surface area (Å²) >= 11 is 0. The van der Waals surface area contributed by atoms with Gasteiger partial charge in [-0.1, -0.05) is 53.9 Å². The van der Waals surface area contributed by atoms with Gasteiger partial charge in [-0.2, -0.15) is 0 Å². The van der Waals surface area contributed by atoms with Crippen LogP contribution in [0.5, 0.6) is 0 Å². The van der Waals surface area contributed by atoms with Crippen molar-refractivity contribution in [3.8, 4) is 0 Å². The Morgan fingerprint density at radius 2 is 1.59 bits per heavy atom. The van der Waals surface area contributed by atoms with E-state index >= 15 is 0 Å². The van der Waals surface area contributed by atoms with Crippen molar-refractivity contribution in [3.05, 3.63) is 0 Å². The van der Waals surface area contributed by atoms with Crippen molar-refractivity contribution in [2.24, 2.45) is 23.5 Å². The SMILES string of the molecule is CCCCCCC(=O)N[C@H](C(=O)C[C@@H](CCCNC(N)=O)C(=O)C(C)C)C(C)C. The standard InChI is InChI=1S/C22H41N3O4/c1-6-7-8-9-12-19(27)25-20(15(2)3)18(26)14-17(21(28)16(4)5)11-10-13-24-22(23)29/h15-17,20H,6-14H2,1-5H3,(H,25,27)(H3,23,24,29)/t17-,20+/m1/s1. The maximum Gasteiger partial charge on any atom is 0.312 e. The van der Waals surface area contributed by atoms with Crippen LogP contribution in [0.15, 0.2) is 0 Å². The molecule has 0 aromatic carbocycles. The van der Waals surface area contributed by atoms with Crippen LogP contribution in [0.25, 0.3) is 0 Å². The highest BCUT2D eigenvalue weighted by molar-refractivity contribution is 5.93. The molecule has 0 aliphatic rings. The van der Waals surface area contributed by atoms with Crippen LogP contribution in [-0.2, 0) is 14.4 Å². The molecule has 0 fully saturated rings. The number of ketones is 2. The Bertz CT molecular complexity index is 532. The van der Waals surface area contributed by atoms with Crippen LogP contribution in [0.1, 0.15) is 86.0 Å². The highest BCUT2D eigenvalue weighted by Crippen LogP contribution is 2.20. The van der Waals surface area contributed by atoms with E-state index in [1.807, 2.05) is 27.7 Å². The van der Waals surface area contributed by atoms with Gasteiger partial charge >= 0.3 is 6.03 Å². The molecule has 0 aliphatic carbocycles. The van der Waals surface area contributed by atoms with Gasteiger partial charge < -0.3 is 16.4 Å². The van der Waals surface area contributed by atoms with Crippen LogP contribution in [0.3, 0.4) is 0 Å². The molecule has 3 amide bonds. The van der Waals surface area contributed by atoms with Crippen molar-refractivity contribution in [2.45, 2.75) is 92.0 Å². The lowest BCUT2D eigenvalue weighted by molar-refractivity contribution is -0.133. The van der Waals surface area contributed by atoms with E-state index in [0.29, 0.717) is 25.8 Å². The van der Waals surface area contributed by atoms with Crippen LogP contribution in [0.2, 0.25) is 0 Å². The number of urea groups is 1. The lowest BCUT2D eigenvalue weighted by Crippen LogP contribution is -2.45. The van der Waals surface area contributed by atoms with E-state index in [9.17, 15) is 19.2 Å². The number of Topliss-reactive ketones (excluding diaryl/α,β-unsaturated/α-hetero) is 2. The number of nitrogens with two attached hydrogens (primary N) is 1. The molecule has 7 nitrogen and oxygen atoms in total. The Hall–Kier alpha value is -1.92. The zero-order valence-corrected chi connectivity index (χ0v) is 18.9. The van der Waals surface area contributed by atoms with Gasteiger partial charge in [-0.15, -0.1) is 0 Å². The molecule has 0 aromatic heterocycles. The van der Waals surface area contributed by atoms with Crippen LogP contribution in [-0.4, -0.2) is 36.1 Å². The van der Waals surface area contributed by atoms with Crippen LogP contribution in [0, 0.1) is 17.8 Å². The third-order valence-electron chi connectivity index (χ3n) is 5.04. The van der Waals surface area contributed by atoms with E-state index in [1.54, 1.807) is 0 Å². The molecule has 4 N–H and O–H groups in total. The molecule has 7 heteroatoms. The van der Waals surface area contributed by atoms with Gasteiger partial charge in [0.1, 0.15) is 5.78 Å². The van der Waals surface area contributed by atoms with Gasteiger partial charge in [0.05, 0.1) is 6.04 Å². The second kappa shape index (κ2) is 15.0. The van der Waals surface area contributed by atoms with Crippen molar-refractivity contribution in [1.29, 1.82) is 0 Å². The summed E-state index contributed by atoms with van der Waals surface area (Å²) in [5.41, 5.74) is 5.06. The lowest BCUT2D eigenvalue weighted by atomic mass is 9.84. The summed E-state index contributed by atoms with van der Waals surface area (Å²) in [6, 6.07) is -1.19. The molecule has 168 valence electrons. The van der Waals surface area contributed by atoms with Crippen LogP contribution >= 0.6 is 0 Å². The average molecular weight is 412 g/mol. The summed E-state index contributed by atoms with van der Waals surface area (Å²) in [4.78, 5) is 48.5. The fraction of sp³-hybridized carbons (Fsp3) is 0.818. The predicted molar refractivity (Wildman–Crippen MR) is 115 cm³/mol. The van der Waals surface area contributed by atoms with Crippen LogP contribution in [0.4, 0.5) is 4.79 Å². The Morgan fingerprint density at radius 1 is 0.931 bits per heavy atom. The molecule has 0 spiro atoms. The number of nitrogens with one attached hydrogen (secondary N) is 2. The molecular weight excluding hydrogens is 370 g/mol. The highest BCUT2D eigenvalue weighted by atomic mass is 16.2. The highest BCUT2D eigenvalue weighted by Gasteiger charge is 2.29. The minimum atomic E-state index is -0.602. The Kier molecular flexibility index (Phi) is 14.0. The van der Waals surface area contributed by atoms with Gasteiger partial charge in [0.25, 0.3) is 0 Å². The van der Waals surface area contributed by atoms with Crippen molar-refractivity contribution >= 4 is 23.5 Å². The van der Waals surface area contributed by atoms with E-state index < -0.39 is 18.0 Å². The van der Waals surface area contributed by atoms with Crippen molar-refractivity contribution < 1.29 is 19.2 Å². The third-order valence-corrected chi connectivity index (χ3v) is 5.04. The molecule has 0 rings (SSSR count). The maximum absolute atomic E-state index is 12.9. The topological polar surface area (TPSA) is 118 Å². The number of rotatable bonds is 16. The third kappa shape index (κ3) is 12.3. The predicted octanol–water partition coefficient (Wildman–Crippen LogP) is 3.35. The number of hydrogen-bond donors (Lipinski definition) is 3. The van der Waals surface area contributed by atoms with Crippen molar-refractivity contribution in [2.75, 3.05) is 6.54 Å². The van der Waals surface area contributed by atoms with Gasteiger partial charge in [0.2, 0.25) is 5.91 Å². The maximum atomic E-state index is 12.9. The van der Waals surface area contributed by atoms with E-state index in [2.05, 4.69) is 17.6 Å². The molecule has 2 atom stereocenters. The number of primary amides is 1. The number of unbranched alkanes of at least 4 members (excludes halogenated alkanes) is 3. The molecule has 0 aromatic rings. The monoisotopic (exact) mass is 411 g/mol. The Balaban J connectivity index is 4.88. The van der Waals surface area contributed by atoms with E-state index in [0.717, 1.165) is 25.7 Å². The smallest absolute Gasteiger partial charge is 0.312 e. The molecule has 0 radical (unpaired) electrons. The molecule has 0 saturated carbocycles. The fourth-order valence-electron chi connectivity index (χ4n) is 3.32. The molecule has 0 bridgehead atoms. The van der Waals surface area contributed by atoms with Crippen LogP contribution < -0.4 is 16.4 Å². The molecule has 29 heavy (non-hydrogen) atoms. The summed E-state index contributed by atoms with van der Waals surface area (Å²) in [6.07, 6.45) is 5.62. The number of hydrogen-bond acceptors (Lipinski definition) is 4. The number of amides is 3. The normalized spacial score (nSPS) is 13.2. The van der Waals surface area contributed by atoms with Crippen molar-refractivity contribution in [3.63, 3.8) is 0 Å². The van der Waals surface area contributed by atoms with Gasteiger partial charge in [-0.25, -0.2) is 4.79 Å². The van der Waals surface area contributed by atoms with E-state index in [4.69, 9.17) is 5.73 Å². The minimum Gasteiger partial charge on any atom is -0.352 e. The second-order valence-corrected chi connectivity index (χ2v) is 8.46. The summed E-state index contributed by atoms with van der Waals surface area (Å²) in [7, 11) is 0. The first-order valence-corrected chi connectivity index (χ1v) is 11.0. The summed E-state index contributed by atoms with van der Waals surface area (Å²) in [5, 5.41) is 5.38. The van der Waals surface area contributed by atoms with E-state index in [1.165, 1.54) is 0 Å². The van der Waals surface area contributed by atoms with Gasteiger partial charge in [0.15, 0.2) is 5.78 Å². The Morgan fingerprint density at radius 3 is 2.10 bits per heavy atom. The minimum absolute atomic E-state index is 0.0332. The molecule has 0 saturated heterocycles. The molecule has 0 unspecified atom stereocenters. The number of carbonyl (C=O) groups is 4. The molecule has 0 heterocycles. The van der Waals surface area contributed by atoms with Gasteiger partial charge in [0, 0.05) is 31.2 Å². The second-order valence-electron chi connectivity index (χ2n) is 8.46. The number of carbonyl (C=O) groups excluding carboxylic acids is 4. The van der Waals surface area contributed by atoms with Crippen molar-refractivity contribution in [1.82, 2.24) is 10.6 Å². The molecular formula is C22H41N3O4. The average Bonchev–Trinajstić information content (AvgIpc) is 2.64. The summed E-state index contributed by atoms with van der Waals surface area (Å²) in [5.74, 6) is -0.823.